The minimum absolute atomic E-state index is 0.0811. The molecule has 0 aliphatic rings. The summed E-state index contributed by atoms with van der Waals surface area (Å²) in [6.07, 6.45) is -4.38. The van der Waals surface area contributed by atoms with Crippen molar-refractivity contribution >= 4 is 34.6 Å². The second kappa shape index (κ2) is 6.38. The minimum Gasteiger partial charge on any atom is -0.397 e. The van der Waals surface area contributed by atoms with Crippen LogP contribution in [0.1, 0.15) is 19.3 Å². The van der Waals surface area contributed by atoms with Gasteiger partial charge in [0.05, 0.1) is 21.4 Å². The topological polar surface area (TPSA) is 38.0 Å². The van der Waals surface area contributed by atoms with Crippen molar-refractivity contribution in [1.29, 1.82) is 0 Å². The van der Waals surface area contributed by atoms with Gasteiger partial charge < -0.3 is 11.1 Å². The summed E-state index contributed by atoms with van der Waals surface area (Å²) in [5, 5.41) is 3.63. The Kier molecular flexibility index (Phi) is 5.41. The van der Waals surface area contributed by atoms with Crippen molar-refractivity contribution in [2.24, 2.45) is 0 Å². The average Bonchev–Trinajstić information content (AvgIpc) is 2.23. The van der Waals surface area contributed by atoms with E-state index in [0.717, 1.165) is 0 Å². The number of rotatable bonds is 5. The van der Waals surface area contributed by atoms with Crippen LogP contribution in [0.4, 0.5) is 24.5 Å². The van der Waals surface area contributed by atoms with E-state index in [1.165, 1.54) is 6.07 Å². The molecule has 7 heteroatoms. The number of anilines is 2. The molecule has 18 heavy (non-hydrogen) atoms. The molecule has 3 N–H and O–H groups in total. The SMILES string of the molecule is Nc1cc(Cl)c(Cl)cc1NCCCCC(F)(F)F. The fraction of sp³-hybridized carbons (Fsp3) is 0.455. The number of hydrogen-bond acceptors (Lipinski definition) is 2. The second-order valence-corrected chi connectivity index (χ2v) is 4.67. The zero-order valence-electron chi connectivity index (χ0n) is 9.45. The van der Waals surface area contributed by atoms with E-state index in [0.29, 0.717) is 34.4 Å². The first-order valence-electron chi connectivity index (χ1n) is 5.35. The third-order valence-corrected chi connectivity index (χ3v) is 3.02. The molecule has 1 aromatic carbocycles. The van der Waals surface area contributed by atoms with E-state index in [2.05, 4.69) is 5.32 Å². The zero-order chi connectivity index (χ0) is 13.8. The van der Waals surface area contributed by atoms with Gasteiger partial charge in [0.15, 0.2) is 0 Å². The van der Waals surface area contributed by atoms with Crippen LogP contribution in [-0.2, 0) is 0 Å². The van der Waals surface area contributed by atoms with E-state index < -0.39 is 12.6 Å². The lowest BCUT2D eigenvalue weighted by Crippen LogP contribution is -2.09. The maximum atomic E-state index is 11.9. The number of nitrogen functional groups attached to an aromatic ring is 1. The summed E-state index contributed by atoms with van der Waals surface area (Å²) in [5.41, 5.74) is 6.69. The van der Waals surface area contributed by atoms with E-state index in [1.54, 1.807) is 6.07 Å². The molecule has 0 atom stereocenters. The molecule has 0 amide bonds. The second-order valence-electron chi connectivity index (χ2n) is 3.85. The van der Waals surface area contributed by atoms with Crippen LogP contribution >= 0.6 is 23.2 Å². The van der Waals surface area contributed by atoms with Crippen LogP contribution in [0, 0.1) is 0 Å². The lowest BCUT2D eigenvalue weighted by Gasteiger charge is -2.11. The molecule has 0 radical (unpaired) electrons. The first kappa shape index (κ1) is 15.2. The highest BCUT2D eigenvalue weighted by Gasteiger charge is 2.25. The van der Waals surface area contributed by atoms with Crippen molar-refractivity contribution in [1.82, 2.24) is 0 Å². The van der Waals surface area contributed by atoms with Gasteiger partial charge in [0.25, 0.3) is 0 Å². The fourth-order valence-electron chi connectivity index (χ4n) is 1.39. The van der Waals surface area contributed by atoms with Crippen molar-refractivity contribution in [2.45, 2.75) is 25.4 Å². The van der Waals surface area contributed by atoms with Crippen LogP contribution in [0.3, 0.4) is 0 Å². The molecule has 1 rings (SSSR count). The van der Waals surface area contributed by atoms with Crippen LogP contribution in [0.5, 0.6) is 0 Å². The lowest BCUT2D eigenvalue weighted by molar-refractivity contribution is -0.135. The third kappa shape index (κ3) is 5.23. The smallest absolute Gasteiger partial charge is 0.389 e. The van der Waals surface area contributed by atoms with Crippen molar-refractivity contribution in [3.63, 3.8) is 0 Å². The number of hydrogen-bond donors (Lipinski definition) is 2. The van der Waals surface area contributed by atoms with Crippen LogP contribution in [0.25, 0.3) is 0 Å². The molecule has 0 aromatic heterocycles. The van der Waals surface area contributed by atoms with Gasteiger partial charge in [-0.05, 0) is 25.0 Å². The average molecular weight is 301 g/mol. The first-order valence-corrected chi connectivity index (χ1v) is 6.10. The first-order chi connectivity index (χ1) is 8.29. The van der Waals surface area contributed by atoms with Gasteiger partial charge in [-0.1, -0.05) is 23.2 Å². The monoisotopic (exact) mass is 300 g/mol. The van der Waals surface area contributed by atoms with Gasteiger partial charge in [-0.2, -0.15) is 13.2 Å². The highest BCUT2D eigenvalue weighted by atomic mass is 35.5. The number of nitrogens with one attached hydrogen (secondary N) is 1. The summed E-state index contributed by atoms with van der Waals surface area (Å²) >= 11 is 11.6. The maximum absolute atomic E-state index is 11.9. The van der Waals surface area contributed by atoms with Crippen molar-refractivity contribution in [3.8, 4) is 0 Å². The molecule has 0 fully saturated rings. The van der Waals surface area contributed by atoms with Crippen LogP contribution in [0.2, 0.25) is 10.0 Å². The Hall–Kier alpha value is -0.810. The molecular formula is C11H13Cl2F3N2. The summed E-state index contributed by atoms with van der Waals surface area (Å²) < 4.78 is 35.7. The van der Waals surface area contributed by atoms with Crippen LogP contribution < -0.4 is 11.1 Å². The molecule has 0 aliphatic carbocycles. The molecule has 0 unspecified atom stereocenters. The molecule has 0 spiro atoms. The van der Waals surface area contributed by atoms with Crippen molar-refractivity contribution in [3.05, 3.63) is 22.2 Å². The predicted molar refractivity (Wildman–Crippen MR) is 69.3 cm³/mol. The van der Waals surface area contributed by atoms with Gasteiger partial charge in [0.2, 0.25) is 0 Å². The van der Waals surface area contributed by atoms with E-state index in [9.17, 15) is 13.2 Å². The molecule has 0 saturated carbocycles. The van der Waals surface area contributed by atoms with E-state index in [-0.39, 0.29) is 6.42 Å². The highest BCUT2D eigenvalue weighted by molar-refractivity contribution is 6.42. The minimum atomic E-state index is -4.09. The Morgan fingerprint density at radius 1 is 1.11 bits per heavy atom. The summed E-state index contributed by atoms with van der Waals surface area (Å²) in [7, 11) is 0. The maximum Gasteiger partial charge on any atom is 0.389 e. The summed E-state index contributed by atoms with van der Waals surface area (Å²) in [6.45, 7) is 0.401. The van der Waals surface area contributed by atoms with Gasteiger partial charge in [-0.15, -0.1) is 0 Å². The van der Waals surface area contributed by atoms with Gasteiger partial charge in [-0.3, -0.25) is 0 Å². The van der Waals surface area contributed by atoms with Crippen LogP contribution in [0.15, 0.2) is 12.1 Å². The molecule has 0 heterocycles. The third-order valence-electron chi connectivity index (χ3n) is 2.29. The lowest BCUT2D eigenvalue weighted by atomic mass is 10.2. The fourth-order valence-corrected chi connectivity index (χ4v) is 1.72. The summed E-state index contributed by atoms with van der Waals surface area (Å²) in [4.78, 5) is 0. The zero-order valence-corrected chi connectivity index (χ0v) is 11.0. The van der Waals surface area contributed by atoms with Crippen molar-refractivity contribution in [2.75, 3.05) is 17.6 Å². The molecule has 0 aliphatic heterocycles. The number of alkyl halides is 3. The van der Waals surface area contributed by atoms with E-state index >= 15 is 0 Å². The van der Waals surface area contributed by atoms with Gasteiger partial charge in [0.1, 0.15) is 0 Å². The number of benzene rings is 1. The van der Waals surface area contributed by atoms with E-state index in [1.807, 2.05) is 0 Å². The van der Waals surface area contributed by atoms with Crippen LogP contribution in [-0.4, -0.2) is 12.7 Å². The van der Waals surface area contributed by atoms with E-state index in [4.69, 9.17) is 28.9 Å². The number of halogens is 5. The molecular weight excluding hydrogens is 288 g/mol. The van der Waals surface area contributed by atoms with Gasteiger partial charge in [-0.25, -0.2) is 0 Å². The molecule has 0 saturated heterocycles. The molecule has 2 nitrogen and oxygen atoms in total. The Bertz CT molecular complexity index is 408. The summed E-state index contributed by atoms with van der Waals surface area (Å²) in [6, 6.07) is 3.06. The van der Waals surface area contributed by atoms with Gasteiger partial charge >= 0.3 is 6.18 Å². The number of nitrogens with two attached hydrogens (primary N) is 1. The highest BCUT2D eigenvalue weighted by Crippen LogP contribution is 2.30. The standard InChI is InChI=1S/C11H13Cl2F3N2/c12-7-5-9(17)10(6-8(7)13)18-4-2-1-3-11(14,15)16/h5-6,18H,1-4,17H2. The Balaban J connectivity index is 2.38. The molecule has 0 bridgehead atoms. The normalized spacial score (nSPS) is 11.6. The summed E-state index contributed by atoms with van der Waals surface area (Å²) in [5.74, 6) is 0. The van der Waals surface area contributed by atoms with Crippen molar-refractivity contribution < 1.29 is 13.2 Å². The molecule has 102 valence electrons. The quantitative estimate of drug-likeness (QED) is 0.610. The Labute approximate surface area is 113 Å². The molecule has 1 aromatic rings. The van der Waals surface area contributed by atoms with Gasteiger partial charge in [0, 0.05) is 13.0 Å². The Morgan fingerprint density at radius 3 is 2.33 bits per heavy atom. The number of unbranched alkanes of at least 4 members (excludes halogenated alkanes) is 1. The predicted octanol–water partition coefficient (Wildman–Crippen LogP) is 4.72. The Morgan fingerprint density at radius 2 is 1.72 bits per heavy atom. The largest absolute Gasteiger partial charge is 0.397 e.